The zero-order chi connectivity index (χ0) is 29.2. The van der Waals surface area contributed by atoms with Crippen LogP contribution in [0.4, 0.5) is 5.69 Å². The highest BCUT2D eigenvalue weighted by Gasteiger charge is 2.17. The second-order valence-corrected chi connectivity index (χ2v) is 10.6. The van der Waals surface area contributed by atoms with Gasteiger partial charge in [0.05, 0.1) is 35.7 Å². The van der Waals surface area contributed by atoms with Crippen molar-refractivity contribution in [3.05, 3.63) is 89.5 Å². The van der Waals surface area contributed by atoms with Gasteiger partial charge in [-0.15, -0.1) is 0 Å². The molecule has 1 amide bonds. The first-order valence-electron chi connectivity index (χ1n) is 14.0. The van der Waals surface area contributed by atoms with Crippen LogP contribution in [0.3, 0.4) is 0 Å². The summed E-state index contributed by atoms with van der Waals surface area (Å²) in [6, 6.07) is 14.5. The number of hydrogen-bond donors (Lipinski definition) is 2. The number of pyridine rings is 1. The Morgan fingerprint density at radius 1 is 1.05 bits per heavy atom. The van der Waals surface area contributed by atoms with Crippen molar-refractivity contribution in [3.63, 3.8) is 0 Å². The summed E-state index contributed by atoms with van der Waals surface area (Å²) in [4.78, 5) is 34.1. The van der Waals surface area contributed by atoms with Crippen molar-refractivity contribution in [1.29, 1.82) is 0 Å². The van der Waals surface area contributed by atoms with Gasteiger partial charge in [-0.2, -0.15) is 5.10 Å². The Bertz CT molecular complexity index is 1770. The van der Waals surface area contributed by atoms with E-state index in [1.165, 1.54) is 0 Å². The van der Waals surface area contributed by atoms with E-state index >= 15 is 0 Å². The van der Waals surface area contributed by atoms with Gasteiger partial charge in [0, 0.05) is 50.4 Å². The predicted molar refractivity (Wildman–Crippen MR) is 160 cm³/mol. The highest BCUT2D eigenvalue weighted by atomic mass is 16.5. The van der Waals surface area contributed by atoms with E-state index < -0.39 is 5.97 Å². The van der Waals surface area contributed by atoms with Crippen LogP contribution in [0.5, 0.6) is 5.75 Å². The maximum absolute atomic E-state index is 13.3. The number of ether oxygens (including phenoxy) is 1. The Hall–Kier alpha value is -4.74. The maximum atomic E-state index is 13.3. The number of nitrogens with one attached hydrogen (secondary N) is 1. The topological polar surface area (TPSA) is 117 Å². The Labute approximate surface area is 242 Å². The Morgan fingerprint density at radius 3 is 2.67 bits per heavy atom. The number of fused-ring (bicyclic) bond motifs is 2. The molecule has 2 aromatic carbocycles. The summed E-state index contributed by atoms with van der Waals surface area (Å²) < 4.78 is 9.52. The monoisotopic (exact) mass is 567 g/mol. The molecule has 0 aliphatic carbocycles. The molecule has 11 heteroatoms. The molecule has 1 fully saturated rings. The molecule has 0 spiro atoms. The number of hydrogen-bond acceptors (Lipinski definition) is 7. The van der Waals surface area contributed by atoms with Crippen LogP contribution < -0.4 is 10.1 Å². The number of carboxylic acid groups (broad SMARTS) is 1. The van der Waals surface area contributed by atoms with Gasteiger partial charge in [-0.05, 0) is 49.4 Å². The van der Waals surface area contributed by atoms with Crippen LogP contribution in [-0.2, 0) is 6.54 Å². The molecule has 5 aromatic rings. The van der Waals surface area contributed by atoms with Crippen molar-refractivity contribution in [2.45, 2.75) is 13.5 Å². The lowest BCUT2D eigenvalue weighted by atomic mass is 10.0. The number of nitrogens with zero attached hydrogens (tertiary/aromatic N) is 6. The fraction of sp³-hybridized carbons (Fsp3) is 0.290. The van der Waals surface area contributed by atoms with Crippen molar-refractivity contribution >= 4 is 34.1 Å². The van der Waals surface area contributed by atoms with Crippen LogP contribution in [0.25, 0.3) is 16.6 Å². The second-order valence-electron chi connectivity index (χ2n) is 10.6. The van der Waals surface area contributed by atoms with Gasteiger partial charge >= 0.3 is 5.97 Å². The van der Waals surface area contributed by atoms with E-state index in [-0.39, 0.29) is 11.5 Å². The lowest BCUT2D eigenvalue weighted by Gasteiger charge is -2.32. The SMILES string of the molecule is Cc1c(Cn2ncc3c(NC(=O)c4cnc5cc(OCCN6CCN(C)CC6)ccn45)cccc32)cccc1C(=O)O. The number of anilines is 1. The number of aromatic carboxylic acids is 1. The first-order valence-corrected chi connectivity index (χ1v) is 14.0. The van der Waals surface area contributed by atoms with Gasteiger partial charge in [-0.1, -0.05) is 18.2 Å². The number of likely N-dealkylation sites (N-methyl/N-ethyl adjacent to an activating group) is 1. The number of amides is 1. The van der Waals surface area contributed by atoms with Crippen LogP contribution in [0.1, 0.15) is 32.0 Å². The molecule has 0 atom stereocenters. The van der Waals surface area contributed by atoms with E-state index in [2.05, 4.69) is 32.2 Å². The highest BCUT2D eigenvalue weighted by Crippen LogP contribution is 2.26. The summed E-state index contributed by atoms with van der Waals surface area (Å²) in [7, 11) is 2.14. The largest absolute Gasteiger partial charge is 0.492 e. The maximum Gasteiger partial charge on any atom is 0.335 e. The van der Waals surface area contributed by atoms with Gasteiger partial charge in [0.2, 0.25) is 0 Å². The summed E-state index contributed by atoms with van der Waals surface area (Å²) >= 11 is 0. The van der Waals surface area contributed by atoms with Crippen LogP contribution >= 0.6 is 0 Å². The van der Waals surface area contributed by atoms with Crippen LogP contribution in [0, 0.1) is 6.92 Å². The zero-order valence-corrected chi connectivity index (χ0v) is 23.7. The first kappa shape index (κ1) is 27.4. The molecule has 2 N–H and O–H groups in total. The molecule has 1 saturated heterocycles. The van der Waals surface area contributed by atoms with Gasteiger partial charge in [0.25, 0.3) is 5.91 Å². The van der Waals surface area contributed by atoms with Crippen molar-refractivity contribution in [3.8, 4) is 5.75 Å². The van der Waals surface area contributed by atoms with E-state index in [1.807, 2.05) is 36.4 Å². The van der Waals surface area contributed by atoms with Crippen molar-refractivity contribution in [1.82, 2.24) is 29.0 Å². The molecule has 1 aliphatic heterocycles. The summed E-state index contributed by atoms with van der Waals surface area (Å²) in [5.41, 5.74) is 4.32. The summed E-state index contributed by atoms with van der Waals surface area (Å²) in [6.45, 7) is 7.91. The van der Waals surface area contributed by atoms with E-state index in [9.17, 15) is 14.7 Å². The number of carbonyl (C=O) groups is 2. The normalized spacial score (nSPS) is 14.4. The minimum absolute atomic E-state index is 0.272. The molecule has 6 rings (SSSR count). The summed E-state index contributed by atoms with van der Waals surface area (Å²) in [6.07, 6.45) is 5.07. The third kappa shape index (κ3) is 5.56. The van der Waals surface area contributed by atoms with Crippen molar-refractivity contribution in [2.75, 3.05) is 51.7 Å². The third-order valence-corrected chi connectivity index (χ3v) is 7.92. The van der Waals surface area contributed by atoms with E-state index in [1.54, 1.807) is 46.7 Å². The molecular weight excluding hydrogens is 534 g/mol. The van der Waals surface area contributed by atoms with Crippen LogP contribution in [-0.4, -0.2) is 92.3 Å². The van der Waals surface area contributed by atoms with E-state index in [0.29, 0.717) is 35.7 Å². The molecule has 0 radical (unpaired) electrons. The number of carbonyl (C=O) groups excluding carboxylic acids is 1. The molecule has 0 bridgehead atoms. The summed E-state index contributed by atoms with van der Waals surface area (Å²) in [5, 5.41) is 17.8. The first-order chi connectivity index (χ1) is 20.4. The predicted octanol–water partition coefficient (Wildman–Crippen LogP) is 3.62. The molecule has 3 aromatic heterocycles. The number of benzene rings is 2. The number of rotatable bonds is 9. The van der Waals surface area contributed by atoms with Gasteiger partial charge in [-0.3, -0.25) is 18.8 Å². The molecule has 1 aliphatic rings. The molecule has 42 heavy (non-hydrogen) atoms. The highest BCUT2D eigenvalue weighted by molar-refractivity contribution is 6.08. The van der Waals surface area contributed by atoms with Gasteiger partial charge in [-0.25, -0.2) is 9.78 Å². The van der Waals surface area contributed by atoms with Crippen LogP contribution in [0.2, 0.25) is 0 Å². The Balaban J connectivity index is 1.15. The lowest BCUT2D eigenvalue weighted by Crippen LogP contribution is -2.45. The van der Waals surface area contributed by atoms with Crippen LogP contribution in [0.15, 0.2) is 67.1 Å². The average Bonchev–Trinajstić information content (AvgIpc) is 3.60. The zero-order valence-electron chi connectivity index (χ0n) is 23.7. The number of aromatic nitrogens is 4. The average molecular weight is 568 g/mol. The second kappa shape index (κ2) is 11.6. The Kier molecular flexibility index (Phi) is 7.60. The van der Waals surface area contributed by atoms with Gasteiger partial charge < -0.3 is 20.1 Å². The molecule has 216 valence electrons. The lowest BCUT2D eigenvalue weighted by molar-refractivity contribution is 0.0695. The minimum Gasteiger partial charge on any atom is -0.492 e. The summed E-state index contributed by atoms with van der Waals surface area (Å²) in [5.74, 6) is -0.533. The van der Waals surface area contributed by atoms with Gasteiger partial charge in [0.1, 0.15) is 23.7 Å². The van der Waals surface area contributed by atoms with Gasteiger partial charge in [0.15, 0.2) is 0 Å². The minimum atomic E-state index is -0.956. The number of carboxylic acids is 1. The Morgan fingerprint density at radius 2 is 1.86 bits per heavy atom. The van der Waals surface area contributed by atoms with Crippen molar-refractivity contribution < 1.29 is 19.4 Å². The number of piperazine rings is 1. The smallest absolute Gasteiger partial charge is 0.335 e. The molecular formula is C31H33N7O4. The quantitative estimate of drug-likeness (QED) is 0.278. The molecule has 4 heterocycles. The van der Waals surface area contributed by atoms with E-state index in [4.69, 9.17) is 4.74 Å². The third-order valence-electron chi connectivity index (χ3n) is 7.92. The van der Waals surface area contributed by atoms with E-state index in [0.717, 1.165) is 54.9 Å². The standard InChI is InChI=1S/C31H33N7O4/c1-21-22(5-3-6-24(21)31(40)41)20-38-27-8-4-7-26(25(27)18-33-38)34-30(39)28-19-32-29-17-23(9-10-37(28)29)42-16-15-36-13-11-35(2)12-14-36/h3-10,17-19H,11-16,20H2,1-2H3,(H,34,39)(H,40,41). The number of imidazole rings is 1. The molecule has 11 nitrogen and oxygen atoms in total. The van der Waals surface area contributed by atoms with Crippen molar-refractivity contribution in [2.24, 2.45) is 0 Å². The molecule has 0 unspecified atom stereocenters. The molecule has 0 saturated carbocycles. The fourth-order valence-corrected chi connectivity index (χ4v) is 5.36. The fourth-order valence-electron chi connectivity index (χ4n) is 5.36.